The van der Waals surface area contributed by atoms with E-state index in [-0.39, 0.29) is 5.91 Å². The van der Waals surface area contributed by atoms with E-state index in [0.29, 0.717) is 6.54 Å². The third-order valence-corrected chi connectivity index (χ3v) is 6.28. The van der Waals surface area contributed by atoms with Crippen LogP contribution in [0.2, 0.25) is 0 Å². The zero-order valence-corrected chi connectivity index (χ0v) is 23.3. The molecule has 1 aromatic heterocycles. The molecular formula is C29H34N4O9. The van der Waals surface area contributed by atoms with Crippen molar-refractivity contribution in [3.63, 3.8) is 0 Å². The number of carboxylic acids is 4. The lowest BCUT2D eigenvalue weighted by Crippen LogP contribution is -2.48. The fraction of sp³-hybridized carbons (Fsp3) is 0.310. The Hall–Kier alpha value is -4.88. The Morgan fingerprint density at radius 1 is 0.762 bits per heavy atom. The number of rotatable bonds is 6. The van der Waals surface area contributed by atoms with E-state index in [0.717, 1.165) is 67.0 Å². The van der Waals surface area contributed by atoms with Gasteiger partial charge in [0.15, 0.2) is 0 Å². The lowest BCUT2D eigenvalue weighted by Gasteiger charge is -2.34. The van der Waals surface area contributed by atoms with E-state index >= 15 is 0 Å². The van der Waals surface area contributed by atoms with Crippen molar-refractivity contribution in [2.45, 2.75) is 26.8 Å². The predicted molar refractivity (Wildman–Crippen MR) is 153 cm³/mol. The number of amides is 1. The summed E-state index contributed by atoms with van der Waals surface area (Å²) in [5.74, 6) is -7.25. The second kappa shape index (κ2) is 16.4. The molecule has 0 bridgehead atoms. The van der Waals surface area contributed by atoms with E-state index in [4.69, 9.17) is 44.6 Å². The molecule has 1 aliphatic heterocycles. The maximum atomic E-state index is 12.9. The number of nitrogens with one attached hydrogen (secondary N) is 1. The number of aromatic nitrogens is 1. The molecule has 1 fully saturated rings. The molecule has 2 aromatic carbocycles. The molecule has 0 unspecified atom stereocenters. The lowest BCUT2D eigenvalue weighted by atomic mass is 10.1. The highest BCUT2D eigenvalue weighted by Gasteiger charge is 2.20. The molecule has 0 radical (unpaired) electrons. The van der Waals surface area contributed by atoms with E-state index in [1.165, 1.54) is 5.56 Å². The highest BCUT2D eigenvalue weighted by Crippen LogP contribution is 2.28. The van der Waals surface area contributed by atoms with Gasteiger partial charge in [0, 0.05) is 43.8 Å². The summed E-state index contributed by atoms with van der Waals surface area (Å²) in [6.45, 7) is 9.35. The topological polar surface area (TPSA) is 198 Å². The van der Waals surface area contributed by atoms with Gasteiger partial charge in [0.25, 0.3) is 0 Å². The number of hydrogen-bond acceptors (Lipinski definition) is 8. The normalized spacial score (nSPS) is 13.1. The summed E-state index contributed by atoms with van der Waals surface area (Å²) < 4.78 is 0. The van der Waals surface area contributed by atoms with Gasteiger partial charge >= 0.3 is 23.9 Å². The van der Waals surface area contributed by atoms with Gasteiger partial charge in [0.1, 0.15) is 0 Å². The van der Waals surface area contributed by atoms with E-state index in [9.17, 15) is 4.79 Å². The first-order chi connectivity index (χ1) is 19.9. The maximum Gasteiger partial charge on any atom is 0.414 e. The van der Waals surface area contributed by atoms with E-state index in [1.807, 2.05) is 24.3 Å². The van der Waals surface area contributed by atoms with Crippen molar-refractivity contribution < 1.29 is 44.4 Å². The van der Waals surface area contributed by atoms with Gasteiger partial charge in [-0.25, -0.2) is 19.2 Å². The minimum absolute atomic E-state index is 0.0491. The number of nitrogens with zero attached hydrogens (tertiary/aromatic N) is 3. The molecule has 1 saturated heterocycles. The van der Waals surface area contributed by atoms with Gasteiger partial charge < -0.3 is 25.7 Å². The Labute approximate surface area is 242 Å². The molecule has 13 heteroatoms. The fourth-order valence-corrected chi connectivity index (χ4v) is 4.19. The average molecular weight is 583 g/mol. The first-order valence-corrected chi connectivity index (χ1v) is 13.0. The highest BCUT2D eigenvalue weighted by molar-refractivity contribution is 6.27. The molecule has 3 aromatic rings. The molecule has 0 spiro atoms. The standard InChI is InChI=1S/C25H30N4O.2C2H2O4/c1-3-22-19(2)25(21-11-7-8-12-23(21)26-22)27-24(30)18-29-15-13-28(14-16-29)17-20-9-5-4-6-10-20;2*3-1(4)2(5)6/h4-12H,3,13-18H2,1-2H3,(H,26,27,30);2*(H,3,4)(H,5,6). The van der Waals surface area contributed by atoms with Crippen LogP contribution in [0.5, 0.6) is 0 Å². The number of piperazine rings is 1. The second-order valence-corrected chi connectivity index (χ2v) is 9.24. The fourth-order valence-electron chi connectivity index (χ4n) is 4.19. The van der Waals surface area contributed by atoms with Crippen molar-refractivity contribution in [1.82, 2.24) is 14.8 Å². The summed E-state index contributed by atoms with van der Waals surface area (Å²) in [5.41, 5.74) is 5.29. The molecular weight excluding hydrogens is 548 g/mol. The van der Waals surface area contributed by atoms with Gasteiger partial charge in [-0.1, -0.05) is 55.5 Å². The van der Waals surface area contributed by atoms with Crippen LogP contribution in [0.15, 0.2) is 54.6 Å². The largest absolute Gasteiger partial charge is 0.473 e. The number of fused-ring (bicyclic) bond motifs is 1. The van der Waals surface area contributed by atoms with Crippen LogP contribution >= 0.6 is 0 Å². The number of aryl methyl sites for hydroxylation is 1. The van der Waals surface area contributed by atoms with Crippen molar-refractivity contribution in [3.8, 4) is 0 Å². The number of carboxylic acid groups (broad SMARTS) is 4. The van der Waals surface area contributed by atoms with Gasteiger partial charge in [0.2, 0.25) is 5.91 Å². The molecule has 0 atom stereocenters. The van der Waals surface area contributed by atoms with Crippen LogP contribution < -0.4 is 5.32 Å². The van der Waals surface area contributed by atoms with Crippen LogP contribution in [-0.4, -0.2) is 97.7 Å². The molecule has 1 aliphatic rings. The number of carbonyl (C=O) groups is 5. The summed E-state index contributed by atoms with van der Waals surface area (Å²) >= 11 is 0. The van der Waals surface area contributed by atoms with Crippen LogP contribution in [0.3, 0.4) is 0 Å². The third-order valence-electron chi connectivity index (χ3n) is 6.28. The number of carbonyl (C=O) groups excluding carboxylic acids is 1. The van der Waals surface area contributed by atoms with Crippen molar-refractivity contribution in [1.29, 1.82) is 0 Å². The second-order valence-electron chi connectivity index (χ2n) is 9.24. The molecule has 2 heterocycles. The number of benzene rings is 2. The molecule has 224 valence electrons. The van der Waals surface area contributed by atoms with Crippen molar-refractivity contribution >= 4 is 46.4 Å². The number of anilines is 1. The van der Waals surface area contributed by atoms with Gasteiger partial charge in [-0.3, -0.25) is 19.6 Å². The van der Waals surface area contributed by atoms with Gasteiger partial charge in [-0.15, -0.1) is 0 Å². The molecule has 0 aliphatic carbocycles. The van der Waals surface area contributed by atoms with Crippen LogP contribution in [-0.2, 0) is 36.9 Å². The van der Waals surface area contributed by atoms with Gasteiger partial charge in [-0.2, -0.15) is 0 Å². The smallest absolute Gasteiger partial charge is 0.414 e. The van der Waals surface area contributed by atoms with Crippen LogP contribution in [0.1, 0.15) is 23.7 Å². The summed E-state index contributed by atoms with van der Waals surface area (Å²) in [5, 5.41) is 33.8. The van der Waals surface area contributed by atoms with Gasteiger partial charge in [0.05, 0.1) is 17.7 Å². The van der Waals surface area contributed by atoms with Gasteiger partial charge in [-0.05, 0) is 30.5 Å². The lowest BCUT2D eigenvalue weighted by molar-refractivity contribution is -0.159. The molecule has 0 saturated carbocycles. The quantitative estimate of drug-likeness (QED) is 0.266. The van der Waals surface area contributed by atoms with Crippen LogP contribution in [0.25, 0.3) is 10.9 Å². The van der Waals surface area contributed by atoms with Crippen LogP contribution in [0.4, 0.5) is 5.69 Å². The Kier molecular flexibility index (Phi) is 13.0. The van der Waals surface area contributed by atoms with Crippen molar-refractivity contribution in [2.75, 3.05) is 38.0 Å². The molecule has 4 rings (SSSR count). The first-order valence-electron chi connectivity index (χ1n) is 13.0. The van der Waals surface area contributed by atoms with E-state index in [2.05, 4.69) is 59.3 Å². The summed E-state index contributed by atoms with van der Waals surface area (Å²) in [6.07, 6.45) is 0.850. The van der Waals surface area contributed by atoms with Crippen molar-refractivity contribution in [2.24, 2.45) is 0 Å². The summed E-state index contributed by atoms with van der Waals surface area (Å²) in [4.78, 5) is 58.7. The summed E-state index contributed by atoms with van der Waals surface area (Å²) in [7, 11) is 0. The predicted octanol–water partition coefficient (Wildman–Crippen LogP) is 2.17. The Bertz CT molecular complexity index is 1360. The first kappa shape index (κ1) is 33.3. The van der Waals surface area contributed by atoms with E-state index < -0.39 is 23.9 Å². The highest BCUT2D eigenvalue weighted by atomic mass is 16.4. The Morgan fingerprint density at radius 3 is 1.79 bits per heavy atom. The maximum absolute atomic E-state index is 12.9. The Morgan fingerprint density at radius 2 is 1.26 bits per heavy atom. The SMILES string of the molecule is CCc1nc2ccccc2c(NC(=O)CN2CCN(Cc3ccccc3)CC2)c1C.O=C(O)C(=O)O.O=C(O)C(=O)O. The molecule has 42 heavy (non-hydrogen) atoms. The number of aliphatic carboxylic acids is 4. The molecule has 1 amide bonds. The minimum atomic E-state index is -1.82. The van der Waals surface area contributed by atoms with E-state index in [1.54, 1.807) is 0 Å². The average Bonchev–Trinajstić information content (AvgIpc) is 2.96. The number of pyridine rings is 1. The van der Waals surface area contributed by atoms with Crippen LogP contribution in [0, 0.1) is 6.92 Å². The number of hydrogen-bond donors (Lipinski definition) is 5. The Balaban J connectivity index is 0.000000434. The third kappa shape index (κ3) is 10.6. The summed E-state index contributed by atoms with van der Waals surface area (Å²) in [6, 6.07) is 18.6. The van der Waals surface area contributed by atoms with Crippen molar-refractivity contribution in [3.05, 3.63) is 71.4 Å². The zero-order chi connectivity index (χ0) is 31.2. The minimum Gasteiger partial charge on any atom is -0.473 e. The molecule has 5 N–H and O–H groups in total. The number of para-hydroxylation sites is 1. The monoisotopic (exact) mass is 582 g/mol. The zero-order valence-electron chi connectivity index (χ0n) is 23.3. The molecule has 13 nitrogen and oxygen atoms in total.